The van der Waals surface area contributed by atoms with E-state index in [1.165, 1.54) is 0 Å². The van der Waals surface area contributed by atoms with E-state index < -0.39 is 0 Å². The Morgan fingerprint density at radius 3 is 2.82 bits per heavy atom. The lowest BCUT2D eigenvalue weighted by Gasteiger charge is -2.05. The fourth-order valence-corrected chi connectivity index (χ4v) is 1.91. The number of aliphatic imine (C=N–C) groups is 2. The molecular weight excluding hydrogens is 212 g/mol. The lowest BCUT2D eigenvalue weighted by molar-refractivity contribution is 1.25. The van der Waals surface area contributed by atoms with Gasteiger partial charge in [0.25, 0.3) is 0 Å². The number of nitrogens with one attached hydrogen (secondary N) is 1. The third-order valence-electron chi connectivity index (χ3n) is 2.68. The van der Waals surface area contributed by atoms with E-state index in [-0.39, 0.29) is 0 Å². The molecule has 3 rings (SSSR count). The number of nitrogens with zero attached hydrogens (tertiary/aromatic N) is 2. The second-order valence-electron chi connectivity index (χ2n) is 3.87. The SMILES string of the molecule is NC1=Nc2ccccc2C(c2ccc[nH]2)=NC1. The first-order valence-corrected chi connectivity index (χ1v) is 5.45. The van der Waals surface area contributed by atoms with Crippen molar-refractivity contribution in [1.82, 2.24) is 4.98 Å². The van der Waals surface area contributed by atoms with Gasteiger partial charge in [0.15, 0.2) is 0 Å². The standard InChI is InChI=1S/C13H12N4/c14-12-8-16-13(11-6-3-7-15-11)9-4-1-2-5-10(9)17-12/h1-7,15H,8H2,(H2,14,17). The van der Waals surface area contributed by atoms with E-state index in [0.29, 0.717) is 12.4 Å². The van der Waals surface area contributed by atoms with Crippen molar-refractivity contribution in [3.05, 3.63) is 53.9 Å². The van der Waals surface area contributed by atoms with Gasteiger partial charge in [0.2, 0.25) is 0 Å². The highest BCUT2D eigenvalue weighted by atomic mass is 14.9. The first-order valence-electron chi connectivity index (χ1n) is 5.45. The molecule has 1 aliphatic heterocycles. The lowest BCUT2D eigenvalue weighted by atomic mass is 10.1. The van der Waals surface area contributed by atoms with Gasteiger partial charge in [0.1, 0.15) is 5.84 Å². The summed E-state index contributed by atoms with van der Waals surface area (Å²) in [4.78, 5) is 12.1. The Bertz CT molecular complexity index is 594. The Hall–Kier alpha value is -2.36. The molecular formula is C13H12N4. The molecule has 17 heavy (non-hydrogen) atoms. The predicted octanol–water partition coefficient (Wildman–Crippen LogP) is 1.85. The molecule has 1 aromatic carbocycles. The number of rotatable bonds is 1. The van der Waals surface area contributed by atoms with Crippen LogP contribution >= 0.6 is 0 Å². The largest absolute Gasteiger partial charge is 0.386 e. The van der Waals surface area contributed by atoms with Crippen LogP contribution in [0.2, 0.25) is 0 Å². The number of aromatic amines is 1. The Morgan fingerprint density at radius 2 is 2.00 bits per heavy atom. The minimum absolute atomic E-state index is 0.434. The van der Waals surface area contributed by atoms with Crippen molar-refractivity contribution >= 4 is 17.2 Å². The Labute approximate surface area is 98.9 Å². The minimum atomic E-state index is 0.434. The summed E-state index contributed by atoms with van der Waals surface area (Å²) in [6, 6.07) is 11.8. The maximum absolute atomic E-state index is 5.80. The number of amidine groups is 1. The van der Waals surface area contributed by atoms with Gasteiger partial charge in [-0.05, 0) is 18.2 Å². The Balaban J connectivity index is 2.20. The number of benzene rings is 1. The number of H-pyrrole nitrogens is 1. The number of hydrogen-bond acceptors (Lipinski definition) is 3. The molecule has 0 amide bonds. The fourth-order valence-electron chi connectivity index (χ4n) is 1.91. The van der Waals surface area contributed by atoms with Gasteiger partial charge in [-0.1, -0.05) is 18.2 Å². The summed E-state index contributed by atoms with van der Waals surface area (Å²) < 4.78 is 0. The van der Waals surface area contributed by atoms with Gasteiger partial charge in [-0.25, -0.2) is 4.99 Å². The normalized spacial score (nSPS) is 14.6. The molecule has 84 valence electrons. The smallest absolute Gasteiger partial charge is 0.121 e. The molecule has 0 saturated carbocycles. The van der Waals surface area contributed by atoms with Crippen LogP contribution in [-0.2, 0) is 0 Å². The van der Waals surface area contributed by atoms with Crippen molar-refractivity contribution in [1.29, 1.82) is 0 Å². The monoisotopic (exact) mass is 224 g/mol. The summed E-state index contributed by atoms with van der Waals surface area (Å²) in [5.41, 5.74) is 9.58. The van der Waals surface area contributed by atoms with Crippen molar-refractivity contribution in [2.75, 3.05) is 6.54 Å². The Kier molecular flexibility index (Phi) is 2.26. The third kappa shape index (κ3) is 1.73. The van der Waals surface area contributed by atoms with E-state index in [2.05, 4.69) is 15.0 Å². The summed E-state index contributed by atoms with van der Waals surface area (Å²) in [6.45, 7) is 0.434. The number of para-hydroxylation sites is 1. The average Bonchev–Trinajstić information content (AvgIpc) is 2.80. The third-order valence-corrected chi connectivity index (χ3v) is 2.68. The zero-order chi connectivity index (χ0) is 11.7. The molecule has 3 N–H and O–H groups in total. The van der Waals surface area contributed by atoms with Crippen LogP contribution < -0.4 is 5.73 Å². The van der Waals surface area contributed by atoms with Crippen LogP contribution in [0.1, 0.15) is 11.3 Å². The van der Waals surface area contributed by atoms with Crippen LogP contribution in [-0.4, -0.2) is 23.1 Å². The highest BCUT2D eigenvalue weighted by Crippen LogP contribution is 2.23. The van der Waals surface area contributed by atoms with E-state index >= 15 is 0 Å². The van der Waals surface area contributed by atoms with Gasteiger partial charge >= 0.3 is 0 Å². The predicted molar refractivity (Wildman–Crippen MR) is 69.0 cm³/mol. The van der Waals surface area contributed by atoms with Gasteiger partial charge < -0.3 is 10.7 Å². The Morgan fingerprint density at radius 1 is 1.12 bits per heavy atom. The number of aromatic nitrogens is 1. The van der Waals surface area contributed by atoms with E-state index in [1.54, 1.807) is 0 Å². The highest BCUT2D eigenvalue weighted by molar-refractivity contribution is 6.16. The van der Waals surface area contributed by atoms with Gasteiger partial charge in [0, 0.05) is 11.8 Å². The molecule has 0 spiro atoms. The molecule has 0 atom stereocenters. The molecule has 2 aromatic rings. The molecule has 0 saturated heterocycles. The quantitative estimate of drug-likeness (QED) is 0.762. The topological polar surface area (TPSA) is 66.5 Å². The minimum Gasteiger partial charge on any atom is -0.386 e. The van der Waals surface area contributed by atoms with E-state index in [1.807, 2.05) is 42.6 Å². The first kappa shape index (κ1) is 9.84. The van der Waals surface area contributed by atoms with Crippen molar-refractivity contribution in [2.45, 2.75) is 0 Å². The molecule has 1 aliphatic rings. The first-order chi connectivity index (χ1) is 8.34. The van der Waals surface area contributed by atoms with Crippen molar-refractivity contribution < 1.29 is 0 Å². The van der Waals surface area contributed by atoms with Crippen LogP contribution in [0.25, 0.3) is 0 Å². The molecule has 0 radical (unpaired) electrons. The molecule has 4 heteroatoms. The van der Waals surface area contributed by atoms with Crippen LogP contribution in [0, 0.1) is 0 Å². The zero-order valence-corrected chi connectivity index (χ0v) is 9.22. The number of fused-ring (bicyclic) bond motifs is 1. The summed E-state index contributed by atoms with van der Waals surface area (Å²) in [5.74, 6) is 0.541. The van der Waals surface area contributed by atoms with Crippen LogP contribution in [0.3, 0.4) is 0 Å². The maximum atomic E-state index is 5.80. The van der Waals surface area contributed by atoms with Gasteiger partial charge in [-0.2, -0.15) is 0 Å². The van der Waals surface area contributed by atoms with Crippen molar-refractivity contribution in [3.8, 4) is 0 Å². The zero-order valence-electron chi connectivity index (χ0n) is 9.22. The second-order valence-corrected chi connectivity index (χ2v) is 3.87. The van der Waals surface area contributed by atoms with Gasteiger partial charge in [-0.3, -0.25) is 4.99 Å². The van der Waals surface area contributed by atoms with E-state index in [4.69, 9.17) is 5.73 Å². The van der Waals surface area contributed by atoms with Crippen LogP contribution in [0.15, 0.2) is 52.6 Å². The summed E-state index contributed by atoms with van der Waals surface area (Å²) in [6.07, 6.45) is 1.88. The molecule has 0 aliphatic carbocycles. The molecule has 2 heterocycles. The maximum Gasteiger partial charge on any atom is 0.121 e. The molecule has 0 unspecified atom stereocenters. The lowest BCUT2D eigenvalue weighted by Crippen LogP contribution is -2.14. The van der Waals surface area contributed by atoms with Crippen LogP contribution in [0.5, 0.6) is 0 Å². The van der Waals surface area contributed by atoms with Crippen LogP contribution in [0.4, 0.5) is 5.69 Å². The van der Waals surface area contributed by atoms with E-state index in [9.17, 15) is 0 Å². The second kappa shape index (κ2) is 3.90. The van der Waals surface area contributed by atoms with Gasteiger partial charge in [0.05, 0.1) is 23.6 Å². The van der Waals surface area contributed by atoms with Crippen molar-refractivity contribution in [3.63, 3.8) is 0 Å². The molecule has 0 fully saturated rings. The molecule has 1 aromatic heterocycles. The van der Waals surface area contributed by atoms with Gasteiger partial charge in [-0.15, -0.1) is 0 Å². The van der Waals surface area contributed by atoms with E-state index in [0.717, 1.165) is 22.7 Å². The number of nitrogens with two attached hydrogens (primary N) is 1. The highest BCUT2D eigenvalue weighted by Gasteiger charge is 2.14. The van der Waals surface area contributed by atoms with Crippen molar-refractivity contribution in [2.24, 2.45) is 15.7 Å². The number of hydrogen-bond donors (Lipinski definition) is 2. The summed E-state index contributed by atoms with van der Waals surface area (Å²) >= 11 is 0. The fraction of sp³-hybridized carbons (Fsp3) is 0.0769. The molecule has 0 bridgehead atoms. The molecule has 4 nitrogen and oxygen atoms in total. The average molecular weight is 224 g/mol. The summed E-state index contributed by atoms with van der Waals surface area (Å²) in [5, 5.41) is 0. The summed E-state index contributed by atoms with van der Waals surface area (Å²) in [7, 11) is 0.